The van der Waals surface area contributed by atoms with Crippen molar-refractivity contribution in [2.75, 3.05) is 5.73 Å². The van der Waals surface area contributed by atoms with Gasteiger partial charge in [-0.25, -0.2) is 4.98 Å². The van der Waals surface area contributed by atoms with Crippen molar-refractivity contribution in [2.45, 2.75) is 20.3 Å². The van der Waals surface area contributed by atoms with Gasteiger partial charge in [-0.1, -0.05) is 6.92 Å². The van der Waals surface area contributed by atoms with E-state index in [0.29, 0.717) is 5.69 Å². The van der Waals surface area contributed by atoms with Crippen molar-refractivity contribution >= 4 is 5.69 Å². The van der Waals surface area contributed by atoms with E-state index in [4.69, 9.17) is 5.73 Å². The molecule has 2 nitrogen and oxygen atoms in total. The number of hydrogen-bond donors (Lipinski definition) is 1. The van der Waals surface area contributed by atoms with Crippen molar-refractivity contribution in [1.82, 2.24) is 4.98 Å². The first-order chi connectivity index (χ1) is 5.15. The molecule has 0 spiro atoms. The van der Waals surface area contributed by atoms with Gasteiger partial charge in [-0.3, -0.25) is 0 Å². The van der Waals surface area contributed by atoms with Gasteiger partial charge in [-0.15, -0.1) is 0 Å². The molecule has 60 valence electrons. The summed E-state index contributed by atoms with van der Waals surface area (Å²) in [4.78, 5) is 3.59. The molecule has 1 heterocycles. The lowest BCUT2D eigenvalue weighted by molar-refractivity contribution is 0.583. The van der Waals surface area contributed by atoms with E-state index in [9.17, 15) is 4.39 Å². The predicted molar refractivity (Wildman–Crippen MR) is 42.7 cm³/mol. The molecule has 0 aliphatic rings. The zero-order valence-electron chi connectivity index (χ0n) is 6.69. The lowest BCUT2D eigenvalue weighted by Gasteiger charge is -2.03. The summed E-state index contributed by atoms with van der Waals surface area (Å²) in [6.07, 6.45) is 0.742. The van der Waals surface area contributed by atoms with Crippen LogP contribution in [0.25, 0.3) is 0 Å². The van der Waals surface area contributed by atoms with Crippen LogP contribution in [0.4, 0.5) is 10.1 Å². The van der Waals surface area contributed by atoms with Gasteiger partial charge in [-0.2, -0.15) is 4.39 Å². The van der Waals surface area contributed by atoms with Crippen LogP contribution in [-0.4, -0.2) is 4.98 Å². The number of nitrogens with two attached hydrogens (primary N) is 1. The Balaban J connectivity index is 3.24. The molecule has 0 saturated heterocycles. The molecular weight excluding hydrogens is 143 g/mol. The number of nitrogen functional groups attached to an aromatic ring is 1. The quantitative estimate of drug-likeness (QED) is 0.625. The molecular formula is C8H11FN2. The summed E-state index contributed by atoms with van der Waals surface area (Å²) in [5.74, 6) is -0.554. The van der Waals surface area contributed by atoms with Crippen LogP contribution in [0.2, 0.25) is 0 Å². The lowest BCUT2D eigenvalue weighted by atomic mass is 10.1. The van der Waals surface area contributed by atoms with Gasteiger partial charge >= 0.3 is 0 Å². The van der Waals surface area contributed by atoms with Crippen molar-refractivity contribution in [2.24, 2.45) is 0 Å². The highest BCUT2D eigenvalue weighted by molar-refractivity contribution is 5.46. The average Bonchev–Trinajstić information content (AvgIpc) is 1.96. The molecule has 0 aliphatic carbocycles. The maximum atomic E-state index is 12.8. The largest absolute Gasteiger partial charge is 0.395 e. The van der Waals surface area contributed by atoms with Gasteiger partial charge in [-0.05, 0) is 25.0 Å². The molecule has 0 atom stereocenters. The minimum absolute atomic E-state index is 0.179. The maximum absolute atomic E-state index is 12.8. The second-order valence-electron chi connectivity index (χ2n) is 2.48. The molecule has 0 aliphatic heterocycles. The standard InChI is InChI=1S/C8H11FN2/c1-3-6-4-5(2)11-8(9)7(6)10/h4H,3,10H2,1-2H3. The van der Waals surface area contributed by atoms with E-state index in [1.54, 1.807) is 13.0 Å². The number of rotatable bonds is 1. The van der Waals surface area contributed by atoms with E-state index < -0.39 is 5.95 Å². The molecule has 0 amide bonds. The zero-order chi connectivity index (χ0) is 8.43. The Kier molecular flexibility index (Phi) is 2.08. The molecule has 0 saturated carbocycles. The van der Waals surface area contributed by atoms with Crippen LogP contribution in [-0.2, 0) is 6.42 Å². The third kappa shape index (κ3) is 1.48. The van der Waals surface area contributed by atoms with Crippen LogP contribution in [0.1, 0.15) is 18.2 Å². The first-order valence-corrected chi connectivity index (χ1v) is 3.56. The van der Waals surface area contributed by atoms with Crippen LogP contribution in [0.5, 0.6) is 0 Å². The number of anilines is 1. The molecule has 0 unspecified atom stereocenters. The van der Waals surface area contributed by atoms with Crippen molar-refractivity contribution < 1.29 is 4.39 Å². The van der Waals surface area contributed by atoms with Gasteiger partial charge in [0.05, 0.1) is 5.69 Å². The minimum atomic E-state index is -0.554. The number of nitrogens with zero attached hydrogens (tertiary/aromatic N) is 1. The number of hydrogen-bond acceptors (Lipinski definition) is 2. The molecule has 1 rings (SSSR count). The third-order valence-electron chi connectivity index (χ3n) is 1.61. The van der Waals surface area contributed by atoms with Gasteiger partial charge in [0.15, 0.2) is 0 Å². The summed E-state index contributed by atoms with van der Waals surface area (Å²) >= 11 is 0. The smallest absolute Gasteiger partial charge is 0.236 e. The molecule has 0 aromatic carbocycles. The summed E-state index contributed by atoms with van der Waals surface area (Å²) in [5, 5.41) is 0. The van der Waals surface area contributed by atoms with Crippen LogP contribution >= 0.6 is 0 Å². The highest BCUT2D eigenvalue weighted by Crippen LogP contribution is 2.15. The Hall–Kier alpha value is -1.12. The fourth-order valence-corrected chi connectivity index (χ4v) is 1.00. The van der Waals surface area contributed by atoms with Gasteiger partial charge < -0.3 is 5.73 Å². The first kappa shape index (κ1) is 7.98. The number of aromatic nitrogens is 1. The number of pyridine rings is 1. The van der Waals surface area contributed by atoms with E-state index in [0.717, 1.165) is 12.0 Å². The SMILES string of the molecule is CCc1cc(C)nc(F)c1N. The molecule has 1 aromatic rings. The lowest BCUT2D eigenvalue weighted by Crippen LogP contribution is -2.01. The predicted octanol–water partition coefficient (Wildman–Crippen LogP) is 1.67. The van der Waals surface area contributed by atoms with Crippen molar-refractivity contribution in [3.05, 3.63) is 23.3 Å². The molecule has 1 aromatic heterocycles. The van der Waals surface area contributed by atoms with Crippen LogP contribution in [0.15, 0.2) is 6.07 Å². The zero-order valence-corrected chi connectivity index (χ0v) is 6.69. The van der Waals surface area contributed by atoms with E-state index in [1.165, 1.54) is 0 Å². The number of aryl methyl sites for hydroxylation is 2. The minimum Gasteiger partial charge on any atom is -0.395 e. The van der Waals surface area contributed by atoms with Crippen molar-refractivity contribution in [3.63, 3.8) is 0 Å². The summed E-state index contributed by atoms with van der Waals surface area (Å²) in [7, 11) is 0. The second-order valence-corrected chi connectivity index (χ2v) is 2.48. The Morgan fingerprint density at radius 2 is 2.27 bits per heavy atom. The second kappa shape index (κ2) is 2.86. The highest BCUT2D eigenvalue weighted by atomic mass is 19.1. The summed E-state index contributed by atoms with van der Waals surface area (Å²) < 4.78 is 12.8. The Morgan fingerprint density at radius 3 is 2.82 bits per heavy atom. The van der Waals surface area contributed by atoms with Crippen molar-refractivity contribution in [3.8, 4) is 0 Å². The van der Waals surface area contributed by atoms with Crippen LogP contribution in [0.3, 0.4) is 0 Å². The van der Waals surface area contributed by atoms with Crippen LogP contribution < -0.4 is 5.73 Å². The fraction of sp³-hybridized carbons (Fsp3) is 0.375. The van der Waals surface area contributed by atoms with Gasteiger partial charge in [0.1, 0.15) is 0 Å². The van der Waals surface area contributed by atoms with E-state index in [1.807, 2.05) is 6.92 Å². The molecule has 0 bridgehead atoms. The van der Waals surface area contributed by atoms with E-state index >= 15 is 0 Å². The highest BCUT2D eigenvalue weighted by Gasteiger charge is 2.04. The molecule has 2 N–H and O–H groups in total. The molecule has 0 fully saturated rings. The third-order valence-corrected chi connectivity index (χ3v) is 1.61. The Bertz CT molecular complexity index is 271. The van der Waals surface area contributed by atoms with Crippen LogP contribution in [0, 0.1) is 12.9 Å². The Labute approximate surface area is 65.3 Å². The summed E-state index contributed by atoms with van der Waals surface area (Å²) in [5.41, 5.74) is 7.11. The van der Waals surface area contributed by atoms with Crippen molar-refractivity contribution in [1.29, 1.82) is 0 Å². The monoisotopic (exact) mass is 154 g/mol. The Morgan fingerprint density at radius 1 is 1.64 bits per heavy atom. The van der Waals surface area contributed by atoms with Gasteiger partial charge in [0.25, 0.3) is 0 Å². The number of halogens is 1. The molecule has 11 heavy (non-hydrogen) atoms. The average molecular weight is 154 g/mol. The first-order valence-electron chi connectivity index (χ1n) is 3.56. The molecule has 0 radical (unpaired) electrons. The normalized spacial score (nSPS) is 10.1. The van der Waals surface area contributed by atoms with Gasteiger partial charge in [0, 0.05) is 5.69 Å². The fourth-order valence-electron chi connectivity index (χ4n) is 1.00. The topological polar surface area (TPSA) is 38.9 Å². The van der Waals surface area contributed by atoms with E-state index in [2.05, 4.69) is 4.98 Å². The van der Waals surface area contributed by atoms with E-state index in [-0.39, 0.29) is 5.69 Å². The summed E-state index contributed by atoms with van der Waals surface area (Å²) in [6.45, 7) is 3.69. The maximum Gasteiger partial charge on any atom is 0.236 e. The molecule has 3 heteroatoms. The summed E-state index contributed by atoms with van der Waals surface area (Å²) in [6, 6.07) is 1.80. The van der Waals surface area contributed by atoms with Gasteiger partial charge in [0.2, 0.25) is 5.95 Å².